The quantitative estimate of drug-likeness (QED) is 0.214. The molecule has 0 bridgehead atoms. The first-order valence-electron chi connectivity index (χ1n) is 14.2. The molecule has 0 amide bonds. The number of fused-ring (bicyclic) bond motifs is 1. The van der Waals surface area contributed by atoms with Gasteiger partial charge in [0.25, 0.3) is 0 Å². The molecule has 43 heavy (non-hydrogen) atoms. The second-order valence-corrected chi connectivity index (χ2v) is 10.4. The van der Waals surface area contributed by atoms with Crippen LogP contribution in [0.15, 0.2) is 140 Å². The van der Waals surface area contributed by atoms with E-state index in [2.05, 4.69) is 83.8 Å². The third-order valence-electron chi connectivity index (χ3n) is 7.76. The zero-order valence-corrected chi connectivity index (χ0v) is 23.6. The molecule has 0 N–H and O–H groups in total. The smallest absolute Gasteiger partial charge is 0.160 e. The van der Waals surface area contributed by atoms with Crippen LogP contribution in [0.5, 0.6) is 0 Å². The molecule has 0 saturated heterocycles. The van der Waals surface area contributed by atoms with Gasteiger partial charge >= 0.3 is 0 Å². The highest BCUT2D eigenvalue weighted by atomic mass is 14.9. The molecule has 4 nitrogen and oxygen atoms in total. The lowest BCUT2D eigenvalue weighted by atomic mass is 9.91. The highest BCUT2D eigenvalue weighted by Crippen LogP contribution is 2.37. The molecule has 4 heteroatoms. The Morgan fingerprint density at radius 2 is 1.16 bits per heavy atom. The van der Waals surface area contributed by atoms with E-state index in [-0.39, 0.29) is 0 Å². The minimum atomic E-state index is 0.656. The monoisotopic (exact) mass is 550 g/mol. The Kier molecular flexibility index (Phi) is 6.75. The molecular formula is C39H26N4. The molecule has 5 aromatic carbocycles. The Balaban J connectivity index is 1.31. The van der Waals surface area contributed by atoms with E-state index in [1.54, 1.807) is 6.20 Å². The summed E-state index contributed by atoms with van der Waals surface area (Å²) in [6.45, 7) is 2.00. The Morgan fingerprint density at radius 3 is 1.88 bits per heavy atom. The molecule has 2 aromatic heterocycles. The average Bonchev–Trinajstić information content (AvgIpc) is 3.08. The van der Waals surface area contributed by atoms with Crippen molar-refractivity contribution in [1.29, 1.82) is 5.26 Å². The number of benzene rings is 5. The molecule has 0 radical (unpaired) electrons. The summed E-state index contributed by atoms with van der Waals surface area (Å²) in [5.74, 6) is 0.683. The molecule has 0 aliphatic rings. The van der Waals surface area contributed by atoms with Gasteiger partial charge in [-0.3, -0.25) is 4.98 Å². The van der Waals surface area contributed by atoms with Gasteiger partial charge in [0.2, 0.25) is 0 Å². The lowest BCUT2D eigenvalue weighted by Gasteiger charge is -2.13. The number of hydrogen-bond acceptors (Lipinski definition) is 4. The largest absolute Gasteiger partial charge is 0.261 e. The van der Waals surface area contributed by atoms with Gasteiger partial charge in [-0.15, -0.1) is 0 Å². The van der Waals surface area contributed by atoms with Gasteiger partial charge in [0.1, 0.15) is 0 Å². The number of pyridine rings is 1. The number of aryl methyl sites for hydroxylation is 1. The zero-order chi connectivity index (χ0) is 29.2. The molecule has 0 unspecified atom stereocenters. The predicted molar refractivity (Wildman–Crippen MR) is 174 cm³/mol. The number of hydrogen-bond donors (Lipinski definition) is 0. The summed E-state index contributed by atoms with van der Waals surface area (Å²) >= 11 is 0. The summed E-state index contributed by atoms with van der Waals surface area (Å²) in [6, 6.07) is 47.5. The van der Waals surface area contributed by atoms with Crippen molar-refractivity contribution in [3.63, 3.8) is 0 Å². The predicted octanol–water partition coefficient (Wildman–Crippen LogP) is 9.54. The van der Waals surface area contributed by atoms with E-state index in [0.29, 0.717) is 11.4 Å². The Bertz CT molecular complexity index is 2140. The van der Waals surface area contributed by atoms with Crippen LogP contribution in [0.25, 0.3) is 66.9 Å². The van der Waals surface area contributed by atoms with Crippen molar-refractivity contribution >= 4 is 10.8 Å². The van der Waals surface area contributed by atoms with Crippen LogP contribution in [0.2, 0.25) is 0 Å². The molecule has 0 aliphatic carbocycles. The number of nitrogens with zero attached hydrogens (tertiary/aromatic N) is 4. The topological polar surface area (TPSA) is 62.5 Å². The Hall–Kier alpha value is -5.92. The van der Waals surface area contributed by atoms with Gasteiger partial charge < -0.3 is 0 Å². The van der Waals surface area contributed by atoms with Crippen molar-refractivity contribution in [2.45, 2.75) is 6.92 Å². The van der Waals surface area contributed by atoms with Crippen LogP contribution >= 0.6 is 0 Å². The maximum absolute atomic E-state index is 9.42. The van der Waals surface area contributed by atoms with Gasteiger partial charge in [0.05, 0.1) is 23.0 Å². The molecule has 2 heterocycles. The van der Waals surface area contributed by atoms with Crippen LogP contribution in [0, 0.1) is 18.3 Å². The lowest BCUT2D eigenvalue weighted by molar-refractivity contribution is 1.15. The summed E-state index contributed by atoms with van der Waals surface area (Å²) in [5, 5.41) is 11.7. The van der Waals surface area contributed by atoms with Crippen LogP contribution in [0.1, 0.15) is 11.3 Å². The normalized spacial score (nSPS) is 10.9. The fourth-order valence-electron chi connectivity index (χ4n) is 5.58. The van der Waals surface area contributed by atoms with Gasteiger partial charge in [-0.05, 0) is 70.3 Å². The van der Waals surface area contributed by atoms with Gasteiger partial charge in [-0.1, -0.05) is 103 Å². The van der Waals surface area contributed by atoms with Crippen LogP contribution in [-0.4, -0.2) is 15.0 Å². The highest BCUT2D eigenvalue weighted by Gasteiger charge is 2.14. The van der Waals surface area contributed by atoms with Crippen LogP contribution in [-0.2, 0) is 0 Å². The maximum Gasteiger partial charge on any atom is 0.160 e. The molecule has 7 aromatic rings. The Morgan fingerprint density at radius 1 is 0.512 bits per heavy atom. The first kappa shape index (κ1) is 26.0. The van der Waals surface area contributed by atoms with E-state index in [1.165, 1.54) is 0 Å². The summed E-state index contributed by atoms with van der Waals surface area (Å²) in [4.78, 5) is 14.4. The third kappa shape index (κ3) is 5.05. The number of rotatable bonds is 5. The third-order valence-corrected chi connectivity index (χ3v) is 7.76. The van der Waals surface area contributed by atoms with Crippen molar-refractivity contribution in [2.24, 2.45) is 0 Å². The first-order chi connectivity index (χ1) is 21.2. The number of aromatic nitrogens is 3. The minimum absolute atomic E-state index is 0.656. The van der Waals surface area contributed by atoms with Crippen LogP contribution in [0.4, 0.5) is 0 Å². The van der Waals surface area contributed by atoms with E-state index in [1.807, 2.05) is 67.6 Å². The SMILES string of the molecule is Cc1ncccc1-c1cc(-c2ccc(-c3ccc(-c4cccc(C#N)c4)c4ccccc34)cc2)nc(-c2ccccc2)n1. The molecule has 0 spiro atoms. The van der Waals surface area contributed by atoms with Gasteiger partial charge in [-0.2, -0.15) is 5.26 Å². The van der Waals surface area contributed by atoms with Crippen molar-refractivity contribution in [3.8, 4) is 62.2 Å². The van der Waals surface area contributed by atoms with Crippen molar-refractivity contribution < 1.29 is 0 Å². The van der Waals surface area contributed by atoms with E-state index in [0.717, 1.165) is 66.8 Å². The van der Waals surface area contributed by atoms with E-state index in [4.69, 9.17) is 9.97 Å². The Labute approximate surface area is 250 Å². The van der Waals surface area contributed by atoms with E-state index >= 15 is 0 Å². The summed E-state index contributed by atoms with van der Waals surface area (Å²) in [7, 11) is 0. The lowest BCUT2D eigenvalue weighted by Crippen LogP contribution is -1.97. The standard InChI is InChI=1S/C39H26N4/c1-26-32(15-8-22-41-26)38-24-37(42-39(43-38)30-10-3-2-4-11-30)29-18-16-28(17-19-29)33-20-21-34(36-14-6-5-13-35(33)36)31-12-7-9-27(23-31)25-40/h2-24H,1H3. The zero-order valence-electron chi connectivity index (χ0n) is 23.6. The second-order valence-electron chi connectivity index (χ2n) is 10.4. The minimum Gasteiger partial charge on any atom is -0.261 e. The molecule has 0 fully saturated rings. The fraction of sp³-hybridized carbons (Fsp3) is 0.0256. The van der Waals surface area contributed by atoms with Crippen molar-refractivity contribution in [3.05, 3.63) is 151 Å². The summed E-state index contributed by atoms with van der Waals surface area (Å²) in [6.07, 6.45) is 1.80. The second kappa shape index (κ2) is 11.2. The van der Waals surface area contributed by atoms with Gasteiger partial charge in [0, 0.05) is 28.6 Å². The van der Waals surface area contributed by atoms with Crippen molar-refractivity contribution in [2.75, 3.05) is 0 Å². The molecular weight excluding hydrogens is 524 g/mol. The maximum atomic E-state index is 9.42. The van der Waals surface area contributed by atoms with Crippen LogP contribution < -0.4 is 0 Å². The molecule has 0 aliphatic heterocycles. The summed E-state index contributed by atoms with van der Waals surface area (Å²) in [5.41, 5.74) is 10.7. The fourth-order valence-corrected chi connectivity index (χ4v) is 5.58. The molecule has 7 rings (SSSR count). The van der Waals surface area contributed by atoms with Crippen molar-refractivity contribution in [1.82, 2.24) is 15.0 Å². The molecule has 202 valence electrons. The average molecular weight is 551 g/mol. The van der Waals surface area contributed by atoms with Crippen LogP contribution in [0.3, 0.4) is 0 Å². The molecule has 0 atom stereocenters. The van der Waals surface area contributed by atoms with E-state index in [9.17, 15) is 5.26 Å². The highest BCUT2D eigenvalue weighted by molar-refractivity contribution is 6.05. The van der Waals surface area contributed by atoms with Gasteiger partial charge in [-0.25, -0.2) is 9.97 Å². The van der Waals surface area contributed by atoms with Gasteiger partial charge in [0.15, 0.2) is 5.82 Å². The molecule has 0 saturated carbocycles. The number of nitriles is 1. The first-order valence-corrected chi connectivity index (χ1v) is 14.2. The van der Waals surface area contributed by atoms with E-state index < -0.39 is 0 Å². The summed E-state index contributed by atoms with van der Waals surface area (Å²) < 4.78 is 0.